The molecular weight excluding hydrogens is 400 g/mol. The minimum absolute atomic E-state index is 0.320. The number of guanidine groups is 1. The predicted octanol–water partition coefficient (Wildman–Crippen LogP) is 2.66. The Morgan fingerprint density at radius 2 is 1.84 bits per heavy atom. The number of piperidine rings is 1. The first-order valence-electron chi connectivity index (χ1n) is 12.1. The first kappa shape index (κ1) is 22.6. The summed E-state index contributed by atoms with van der Waals surface area (Å²) in [7, 11) is 1.98. The van der Waals surface area contributed by atoms with Gasteiger partial charge in [0.1, 0.15) is 0 Å². The fraction of sp³-hybridized carbons (Fsp3) is 0.600. The molecular formula is C25H38N6O. The second-order valence-electron chi connectivity index (χ2n) is 9.28. The lowest BCUT2D eigenvalue weighted by molar-refractivity contribution is 0.203. The van der Waals surface area contributed by atoms with Gasteiger partial charge in [0.15, 0.2) is 5.96 Å². The minimum Gasteiger partial charge on any atom is -0.396 e. The van der Waals surface area contributed by atoms with Crippen LogP contribution >= 0.6 is 0 Å². The minimum atomic E-state index is 0.320. The van der Waals surface area contributed by atoms with Gasteiger partial charge in [-0.2, -0.15) is 5.10 Å². The molecule has 0 aliphatic carbocycles. The second-order valence-corrected chi connectivity index (χ2v) is 9.28. The zero-order valence-electron chi connectivity index (χ0n) is 19.6. The largest absolute Gasteiger partial charge is 0.396 e. The first-order chi connectivity index (χ1) is 15.6. The zero-order valence-corrected chi connectivity index (χ0v) is 19.6. The number of nitrogens with zero attached hydrogens (tertiary/aromatic N) is 5. The topological polar surface area (TPSA) is 68.9 Å². The number of anilines is 1. The molecule has 32 heavy (non-hydrogen) atoms. The molecule has 2 aromatic rings. The summed E-state index contributed by atoms with van der Waals surface area (Å²) in [4.78, 5) is 9.78. The van der Waals surface area contributed by atoms with Crippen LogP contribution < -0.4 is 10.2 Å². The van der Waals surface area contributed by atoms with Crippen molar-refractivity contribution in [3.8, 4) is 0 Å². The van der Waals surface area contributed by atoms with Crippen LogP contribution in [0.3, 0.4) is 0 Å². The molecule has 2 fully saturated rings. The van der Waals surface area contributed by atoms with Crippen LogP contribution in [-0.4, -0.2) is 65.1 Å². The third-order valence-electron chi connectivity index (χ3n) is 6.79. The first-order valence-corrected chi connectivity index (χ1v) is 12.1. The molecule has 1 atom stereocenters. The van der Waals surface area contributed by atoms with Crippen LogP contribution in [-0.2, 0) is 20.0 Å². The number of hydrogen-bond acceptors (Lipinski definition) is 4. The average Bonchev–Trinajstić information content (AvgIpc) is 3.46. The number of rotatable bonds is 7. The highest BCUT2D eigenvalue weighted by molar-refractivity contribution is 5.80. The van der Waals surface area contributed by atoms with Crippen molar-refractivity contribution in [2.45, 2.75) is 39.2 Å². The van der Waals surface area contributed by atoms with Gasteiger partial charge in [0, 0.05) is 58.3 Å². The van der Waals surface area contributed by atoms with Gasteiger partial charge < -0.3 is 20.2 Å². The van der Waals surface area contributed by atoms with Crippen molar-refractivity contribution in [1.82, 2.24) is 20.0 Å². The van der Waals surface area contributed by atoms with Crippen molar-refractivity contribution in [3.63, 3.8) is 0 Å². The number of benzene rings is 1. The number of aliphatic hydroxyl groups excluding tert-OH is 1. The van der Waals surface area contributed by atoms with Crippen LogP contribution in [0.1, 0.15) is 37.3 Å². The van der Waals surface area contributed by atoms with E-state index in [1.54, 1.807) is 0 Å². The molecule has 0 saturated carbocycles. The Labute approximate surface area is 192 Å². The van der Waals surface area contributed by atoms with Crippen LogP contribution in [0.4, 0.5) is 5.69 Å². The van der Waals surface area contributed by atoms with E-state index in [-0.39, 0.29) is 0 Å². The standard InChI is InChI=1S/C25H38N6O/c1-3-26-25(31-13-10-22(18-31)14-23-16-28-29(2)17-23)27-15-20-4-6-24(7-5-20)30-11-8-21(19-32)9-12-30/h4-7,16-17,21-22,32H,3,8-15,18-19H2,1-2H3,(H,26,27). The molecule has 2 aliphatic heterocycles. The Kier molecular flexibility index (Phi) is 7.68. The summed E-state index contributed by atoms with van der Waals surface area (Å²) in [6.45, 7) is 8.19. The quantitative estimate of drug-likeness (QED) is 0.514. The van der Waals surface area contributed by atoms with Crippen LogP contribution in [0, 0.1) is 11.8 Å². The molecule has 1 unspecified atom stereocenters. The smallest absolute Gasteiger partial charge is 0.194 e. The Bertz CT molecular complexity index is 869. The number of aliphatic imine (C=N–C) groups is 1. The fourth-order valence-electron chi connectivity index (χ4n) is 4.88. The summed E-state index contributed by atoms with van der Waals surface area (Å²) >= 11 is 0. The van der Waals surface area contributed by atoms with E-state index in [1.807, 2.05) is 17.9 Å². The Balaban J connectivity index is 1.32. The van der Waals surface area contributed by atoms with Gasteiger partial charge in [-0.25, -0.2) is 4.99 Å². The SMILES string of the molecule is CCNC(=NCc1ccc(N2CCC(CO)CC2)cc1)N1CCC(Cc2cnn(C)c2)C1. The van der Waals surface area contributed by atoms with Gasteiger partial charge in [-0.1, -0.05) is 12.1 Å². The van der Waals surface area contributed by atoms with Crippen molar-refractivity contribution in [2.75, 3.05) is 44.2 Å². The number of aryl methyl sites for hydroxylation is 1. The Hall–Kier alpha value is -2.54. The van der Waals surface area contributed by atoms with Gasteiger partial charge in [0.25, 0.3) is 0 Å². The van der Waals surface area contributed by atoms with Crippen molar-refractivity contribution in [3.05, 3.63) is 47.8 Å². The molecule has 4 rings (SSSR count). The van der Waals surface area contributed by atoms with Gasteiger partial charge in [-0.15, -0.1) is 0 Å². The van der Waals surface area contributed by atoms with Crippen molar-refractivity contribution >= 4 is 11.6 Å². The molecule has 7 nitrogen and oxygen atoms in total. The second kappa shape index (κ2) is 10.9. The fourth-order valence-corrected chi connectivity index (χ4v) is 4.88. The van der Waals surface area contributed by atoms with Gasteiger partial charge in [0.2, 0.25) is 0 Å². The van der Waals surface area contributed by atoms with E-state index in [4.69, 9.17) is 4.99 Å². The highest BCUT2D eigenvalue weighted by atomic mass is 16.3. The van der Waals surface area contributed by atoms with Crippen LogP contribution in [0.2, 0.25) is 0 Å². The molecule has 1 aromatic heterocycles. The maximum absolute atomic E-state index is 9.34. The lowest BCUT2D eigenvalue weighted by atomic mass is 9.97. The van der Waals surface area contributed by atoms with Crippen LogP contribution in [0.15, 0.2) is 41.7 Å². The lowest BCUT2D eigenvalue weighted by Gasteiger charge is -2.32. The summed E-state index contributed by atoms with van der Waals surface area (Å²) in [6.07, 6.45) is 8.54. The van der Waals surface area contributed by atoms with E-state index in [0.29, 0.717) is 25.0 Å². The molecule has 0 amide bonds. The number of aromatic nitrogens is 2. The molecule has 2 N–H and O–H groups in total. The molecule has 174 valence electrons. The molecule has 0 spiro atoms. The lowest BCUT2D eigenvalue weighted by Crippen LogP contribution is -2.40. The number of nitrogens with one attached hydrogen (secondary N) is 1. The van der Waals surface area contributed by atoms with E-state index < -0.39 is 0 Å². The molecule has 0 bridgehead atoms. The van der Waals surface area contributed by atoms with Crippen molar-refractivity contribution in [1.29, 1.82) is 0 Å². The highest BCUT2D eigenvalue weighted by Crippen LogP contribution is 2.24. The van der Waals surface area contributed by atoms with E-state index >= 15 is 0 Å². The summed E-state index contributed by atoms with van der Waals surface area (Å²) in [6, 6.07) is 8.85. The van der Waals surface area contributed by atoms with Crippen molar-refractivity contribution < 1.29 is 5.11 Å². The molecule has 2 saturated heterocycles. The summed E-state index contributed by atoms with van der Waals surface area (Å²) in [5.41, 5.74) is 3.83. The highest BCUT2D eigenvalue weighted by Gasteiger charge is 2.25. The summed E-state index contributed by atoms with van der Waals surface area (Å²) in [5.74, 6) is 2.15. The van der Waals surface area contributed by atoms with E-state index in [9.17, 15) is 5.11 Å². The molecule has 3 heterocycles. The predicted molar refractivity (Wildman–Crippen MR) is 130 cm³/mol. The monoisotopic (exact) mass is 438 g/mol. The normalized spacial score (nSPS) is 20.2. The maximum Gasteiger partial charge on any atom is 0.194 e. The number of likely N-dealkylation sites (tertiary alicyclic amines) is 1. The van der Waals surface area contributed by atoms with Crippen molar-refractivity contribution in [2.24, 2.45) is 23.9 Å². The van der Waals surface area contributed by atoms with Gasteiger partial charge in [-0.3, -0.25) is 4.68 Å². The van der Waals surface area contributed by atoms with E-state index in [1.165, 1.54) is 23.2 Å². The van der Waals surface area contributed by atoms with Crippen LogP contribution in [0.5, 0.6) is 0 Å². The Morgan fingerprint density at radius 1 is 1.09 bits per heavy atom. The third-order valence-corrected chi connectivity index (χ3v) is 6.79. The zero-order chi connectivity index (χ0) is 22.3. The maximum atomic E-state index is 9.34. The average molecular weight is 439 g/mol. The Morgan fingerprint density at radius 3 is 2.50 bits per heavy atom. The number of hydrogen-bond donors (Lipinski definition) is 2. The van der Waals surface area contributed by atoms with E-state index in [2.05, 4.69) is 57.6 Å². The van der Waals surface area contributed by atoms with Gasteiger partial charge >= 0.3 is 0 Å². The number of aliphatic hydroxyl groups is 1. The molecule has 1 aromatic carbocycles. The van der Waals surface area contributed by atoms with E-state index in [0.717, 1.165) is 57.9 Å². The molecule has 0 radical (unpaired) electrons. The third kappa shape index (κ3) is 5.82. The summed E-state index contributed by atoms with van der Waals surface area (Å²) in [5, 5.41) is 17.1. The summed E-state index contributed by atoms with van der Waals surface area (Å²) < 4.78 is 1.88. The van der Waals surface area contributed by atoms with Crippen LogP contribution in [0.25, 0.3) is 0 Å². The van der Waals surface area contributed by atoms with Gasteiger partial charge in [-0.05, 0) is 67.7 Å². The molecule has 2 aliphatic rings. The van der Waals surface area contributed by atoms with Gasteiger partial charge in [0.05, 0.1) is 12.7 Å². The molecule has 7 heteroatoms.